The molecule has 1 aliphatic rings. The van der Waals surface area contributed by atoms with Crippen LogP contribution in [-0.2, 0) is 11.8 Å². The molecule has 2 N–H and O–H groups in total. The molecule has 2 heterocycles. The zero-order valence-electron chi connectivity index (χ0n) is 10.2. The lowest BCUT2D eigenvalue weighted by atomic mass is 10.2. The van der Waals surface area contributed by atoms with Crippen LogP contribution in [0.3, 0.4) is 0 Å². The van der Waals surface area contributed by atoms with E-state index in [2.05, 4.69) is 0 Å². The Hall–Kier alpha value is -1.44. The minimum Gasteiger partial charge on any atom is -0.394 e. The molecule has 18 heavy (non-hydrogen) atoms. The van der Waals surface area contributed by atoms with Gasteiger partial charge in [-0.3, -0.25) is 13.9 Å². The number of ether oxygens (including phenoxy) is 1. The van der Waals surface area contributed by atoms with Crippen LogP contribution in [0.1, 0.15) is 18.2 Å². The Morgan fingerprint density at radius 2 is 2.17 bits per heavy atom. The van der Waals surface area contributed by atoms with Crippen LogP contribution in [-0.4, -0.2) is 38.2 Å². The molecule has 0 aliphatic carbocycles. The van der Waals surface area contributed by atoms with Crippen LogP contribution < -0.4 is 11.2 Å². The average Bonchev–Trinajstić information content (AvgIpc) is 2.72. The normalized spacial score (nSPS) is 27.7. The van der Waals surface area contributed by atoms with Crippen molar-refractivity contribution in [3.8, 4) is 0 Å². The number of nitrogens with zero attached hydrogens (tertiary/aromatic N) is 2. The van der Waals surface area contributed by atoms with Gasteiger partial charge in [0.25, 0.3) is 5.56 Å². The van der Waals surface area contributed by atoms with Crippen LogP contribution in [0.15, 0.2) is 15.8 Å². The van der Waals surface area contributed by atoms with Gasteiger partial charge in [-0.2, -0.15) is 0 Å². The minimum atomic E-state index is -0.815. The van der Waals surface area contributed by atoms with E-state index in [9.17, 15) is 14.7 Å². The lowest BCUT2D eigenvalue weighted by molar-refractivity contribution is -0.0463. The van der Waals surface area contributed by atoms with Crippen molar-refractivity contribution >= 4 is 0 Å². The Labute approximate surface area is 103 Å². The van der Waals surface area contributed by atoms with Gasteiger partial charge in [-0.25, -0.2) is 4.79 Å². The third-order valence-electron chi connectivity index (χ3n) is 3.18. The van der Waals surface area contributed by atoms with Gasteiger partial charge in [0.05, 0.1) is 12.7 Å². The molecule has 100 valence electrons. The van der Waals surface area contributed by atoms with E-state index in [1.54, 1.807) is 6.92 Å². The second-order valence-corrected chi connectivity index (χ2v) is 4.48. The molecule has 1 fully saturated rings. The molecule has 1 aromatic rings. The predicted molar refractivity (Wildman–Crippen MR) is 62.3 cm³/mol. The van der Waals surface area contributed by atoms with Gasteiger partial charge in [0, 0.05) is 25.2 Å². The van der Waals surface area contributed by atoms with Crippen LogP contribution in [0.4, 0.5) is 0 Å². The van der Waals surface area contributed by atoms with Crippen molar-refractivity contribution in [2.24, 2.45) is 7.05 Å². The van der Waals surface area contributed by atoms with E-state index < -0.39 is 24.1 Å². The van der Waals surface area contributed by atoms with Gasteiger partial charge in [0.2, 0.25) is 0 Å². The highest BCUT2D eigenvalue weighted by Crippen LogP contribution is 2.27. The molecule has 0 saturated carbocycles. The second-order valence-electron chi connectivity index (χ2n) is 4.48. The Kier molecular flexibility index (Phi) is 3.38. The number of aryl methyl sites for hydroxylation is 1. The second kappa shape index (κ2) is 4.68. The van der Waals surface area contributed by atoms with Crippen LogP contribution in [0.25, 0.3) is 0 Å². The molecule has 0 unspecified atom stereocenters. The van der Waals surface area contributed by atoms with Crippen molar-refractivity contribution in [1.29, 1.82) is 0 Å². The van der Waals surface area contributed by atoms with E-state index >= 15 is 0 Å². The topological polar surface area (TPSA) is 93.7 Å². The monoisotopic (exact) mass is 256 g/mol. The fourth-order valence-corrected chi connectivity index (χ4v) is 2.10. The highest BCUT2D eigenvalue weighted by Gasteiger charge is 2.35. The SMILES string of the molecule is Cc1cn([C@H]2C[C@@H](O)[C@@H](CO)O2)c(=O)n(C)c1=O. The number of aromatic nitrogens is 2. The Morgan fingerprint density at radius 1 is 1.50 bits per heavy atom. The average molecular weight is 256 g/mol. The first-order valence-corrected chi connectivity index (χ1v) is 5.69. The third kappa shape index (κ3) is 2.00. The van der Waals surface area contributed by atoms with Gasteiger partial charge in [0.1, 0.15) is 12.3 Å². The molecule has 1 aromatic heterocycles. The van der Waals surface area contributed by atoms with Crippen LogP contribution in [0.5, 0.6) is 0 Å². The summed E-state index contributed by atoms with van der Waals surface area (Å²) in [5.74, 6) is 0. The molecule has 1 saturated heterocycles. The number of aliphatic hydroxyl groups excluding tert-OH is 2. The smallest absolute Gasteiger partial charge is 0.332 e. The zero-order chi connectivity index (χ0) is 13.4. The molecule has 0 radical (unpaired) electrons. The van der Waals surface area contributed by atoms with Crippen molar-refractivity contribution in [2.75, 3.05) is 6.61 Å². The maximum atomic E-state index is 11.9. The highest BCUT2D eigenvalue weighted by molar-refractivity contribution is 5.03. The quantitative estimate of drug-likeness (QED) is 0.671. The predicted octanol–water partition coefficient (Wildman–Crippen LogP) is -1.50. The summed E-state index contributed by atoms with van der Waals surface area (Å²) in [7, 11) is 1.39. The molecule has 7 nitrogen and oxygen atoms in total. The van der Waals surface area contributed by atoms with Crippen molar-refractivity contribution in [3.63, 3.8) is 0 Å². The highest BCUT2D eigenvalue weighted by atomic mass is 16.5. The summed E-state index contributed by atoms with van der Waals surface area (Å²) in [5, 5.41) is 18.6. The maximum Gasteiger partial charge on any atom is 0.332 e. The van der Waals surface area contributed by atoms with E-state index in [0.29, 0.717) is 5.56 Å². The lowest BCUT2D eigenvalue weighted by Gasteiger charge is -2.16. The summed E-state index contributed by atoms with van der Waals surface area (Å²) in [4.78, 5) is 23.5. The van der Waals surface area contributed by atoms with Crippen molar-refractivity contribution < 1.29 is 14.9 Å². The van der Waals surface area contributed by atoms with Gasteiger partial charge in [0.15, 0.2) is 0 Å². The summed E-state index contributed by atoms with van der Waals surface area (Å²) >= 11 is 0. The van der Waals surface area contributed by atoms with Crippen molar-refractivity contribution in [1.82, 2.24) is 9.13 Å². The molecule has 0 aromatic carbocycles. The molecule has 2 rings (SSSR count). The third-order valence-corrected chi connectivity index (χ3v) is 3.18. The van der Waals surface area contributed by atoms with E-state index in [0.717, 1.165) is 4.57 Å². The van der Waals surface area contributed by atoms with E-state index in [4.69, 9.17) is 9.84 Å². The first-order chi connectivity index (χ1) is 8.45. The summed E-state index contributed by atoms with van der Waals surface area (Å²) < 4.78 is 7.66. The Morgan fingerprint density at radius 3 is 2.72 bits per heavy atom. The number of aliphatic hydroxyl groups is 2. The first-order valence-electron chi connectivity index (χ1n) is 5.69. The molecule has 7 heteroatoms. The van der Waals surface area contributed by atoms with Gasteiger partial charge >= 0.3 is 5.69 Å². The van der Waals surface area contributed by atoms with Gasteiger partial charge in [-0.15, -0.1) is 0 Å². The standard InChI is InChI=1S/C11H16N2O5/c1-6-4-13(11(17)12(2)10(6)16)9-3-7(15)8(5-14)18-9/h4,7-9,14-15H,3,5H2,1-2H3/t7-,8-,9-/m1/s1. The Balaban J connectivity index is 2.42. The molecule has 0 bridgehead atoms. The van der Waals surface area contributed by atoms with Crippen LogP contribution >= 0.6 is 0 Å². The van der Waals surface area contributed by atoms with Crippen LogP contribution in [0.2, 0.25) is 0 Å². The molecule has 0 spiro atoms. The van der Waals surface area contributed by atoms with Crippen LogP contribution in [0, 0.1) is 6.92 Å². The maximum absolute atomic E-state index is 11.9. The number of rotatable bonds is 2. The van der Waals surface area contributed by atoms with E-state index in [-0.39, 0.29) is 18.6 Å². The molecule has 3 atom stereocenters. The lowest BCUT2D eigenvalue weighted by Crippen LogP contribution is -2.40. The summed E-state index contributed by atoms with van der Waals surface area (Å²) in [6.07, 6.45) is -0.538. The van der Waals surface area contributed by atoms with Gasteiger partial charge in [-0.05, 0) is 6.92 Å². The molecular weight excluding hydrogens is 240 g/mol. The largest absolute Gasteiger partial charge is 0.394 e. The Bertz CT molecular complexity index is 562. The fourth-order valence-electron chi connectivity index (χ4n) is 2.10. The fraction of sp³-hybridized carbons (Fsp3) is 0.636. The molecular formula is C11H16N2O5. The summed E-state index contributed by atoms with van der Waals surface area (Å²) in [6, 6.07) is 0. The summed E-state index contributed by atoms with van der Waals surface area (Å²) in [5.41, 5.74) is -0.433. The summed E-state index contributed by atoms with van der Waals surface area (Å²) in [6.45, 7) is 1.30. The number of hydrogen-bond acceptors (Lipinski definition) is 5. The molecule has 0 amide bonds. The number of hydrogen-bond donors (Lipinski definition) is 2. The van der Waals surface area contributed by atoms with Crippen molar-refractivity contribution in [2.45, 2.75) is 31.8 Å². The van der Waals surface area contributed by atoms with Gasteiger partial charge in [-0.1, -0.05) is 0 Å². The van der Waals surface area contributed by atoms with Gasteiger partial charge < -0.3 is 14.9 Å². The zero-order valence-corrected chi connectivity index (χ0v) is 10.2. The first kappa shape index (κ1) is 13.0. The van der Waals surface area contributed by atoms with Crippen molar-refractivity contribution in [3.05, 3.63) is 32.6 Å². The van der Waals surface area contributed by atoms with E-state index in [1.165, 1.54) is 17.8 Å². The van der Waals surface area contributed by atoms with E-state index in [1.807, 2.05) is 0 Å². The minimum absolute atomic E-state index is 0.211. The molecule has 1 aliphatic heterocycles.